The number of hydrogen-bond donors (Lipinski definition) is 1. The summed E-state index contributed by atoms with van der Waals surface area (Å²) in [6.07, 6.45) is 3.83. The highest BCUT2D eigenvalue weighted by atomic mass is 127. The molecule has 0 aliphatic heterocycles. The van der Waals surface area contributed by atoms with Crippen LogP contribution in [0, 0.1) is 14.7 Å². The number of rotatable bonds is 2. The van der Waals surface area contributed by atoms with Gasteiger partial charge in [0.2, 0.25) is 0 Å². The molecule has 80 valence electrons. The summed E-state index contributed by atoms with van der Waals surface area (Å²) in [5.41, 5.74) is 1.52. The Morgan fingerprint density at radius 2 is 2.53 bits per heavy atom. The van der Waals surface area contributed by atoms with Crippen LogP contribution in [-0.4, -0.2) is 6.54 Å². The molecule has 1 aromatic heterocycles. The predicted octanol–water partition coefficient (Wildman–Crippen LogP) is 3.34. The van der Waals surface area contributed by atoms with E-state index in [1.165, 1.54) is 27.7 Å². The van der Waals surface area contributed by atoms with Gasteiger partial charge in [-0.05, 0) is 60.4 Å². The van der Waals surface area contributed by atoms with Gasteiger partial charge in [-0.3, -0.25) is 5.32 Å². The lowest BCUT2D eigenvalue weighted by Gasteiger charge is -2.22. The Bertz CT molecular complexity index is 399. The lowest BCUT2D eigenvalue weighted by molar-refractivity contribution is 0.488. The van der Waals surface area contributed by atoms with Crippen molar-refractivity contribution in [3.05, 3.63) is 19.4 Å². The molecule has 15 heavy (non-hydrogen) atoms. The molecule has 1 unspecified atom stereocenters. The number of hydrogen-bond acceptors (Lipinski definition) is 2. The molecule has 1 aliphatic rings. The quantitative estimate of drug-likeness (QED) is 0.647. The van der Waals surface area contributed by atoms with Crippen molar-refractivity contribution in [3.8, 4) is 11.8 Å². The zero-order chi connectivity index (χ0) is 10.7. The maximum atomic E-state index is 3.52. The summed E-state index contributed by atoms with van der Waals surface area (Å²) < 4.78 is 1.41. The summed E-state index contributed by atoms with van der Waals surface area (Å²) >= 11 is 4.36. The molecule has 1 aromatic rings. The zero-order valence-corrected chi connectivity index (χ0v) is 11.7. The van der Waals surface area contributed by atoms with Crippen LogP contribution in [0.2, 0.25) is 0 Å². The second kappa shape index (κ2) is 5.33. The van der Waals surface area contributed by atoms with E-state index in [9.17, 15) is 0 Å². The number of thiophene rings is 1. The van der Waals surface area contributed by atoms with Crippen LogP contribution >= 0.6 is 33.9 Å². The fraction of sp³-hybridized carbons (Fsp3) is 0.500. The Hall–Kier alpha value is -0.0500. The van der Waals surface area contributed by atoms with E-state index < -0.39 is 0 Å². The molecule has 3 heteroatoms. The fourth-order valence-corrected chi connectivity index (χ4v) is 4.12. The zero-order valence-electron chi connectivity index (χ0n) is 8.77. The van der Waals surface area contributed by atoms with Crippen molar-refractivity contribution >= 4 is 33.9 Å². The summed E-state index contributed by atoms with van der Waals surface area (Å²) in [4.78, 5) is 1.58. The lowest BCUT2D eigenvalue weighted by atomic mass is 9.94. The van der Waals surface area contributed by atoms with Crippen LogP contribution in [0.4, 0.5) is 0 Å². The van der Waals surface area contributed by atoms with E-state index in [1.807, 2.05) is 18.3 Å². The highest BCUT2D eigenvalue weighted by molar-refractivity contribution is 14.1. The largest absolute Gasteiger partial charge is 0.299 e. The van der Waals surface area contributed by atoms with Gasteiger partial charge in [0.15, 0.2) is 0 Å². The smallest absolute Gasteiger partial charge is 0.0659 e. The van der Waals surface area contributed by atoms with E-state index in [1.54, 1.807) is 4.88 Å². The highest BCUT2D eigenvalue weighted by Crippen LogP contribution is 2.36. The summed E-state index contributed by atoms with van der Waals surface area (Å²) in [5, 5.41) is 3.52. The van der Waals surface area contributed by atoms with Crippen LogP contribution in [0.1, 0.15) is 36.2 Å². The van der Waals surface area contributed by atoms with E-state index >= 15 is 0 Å². The maximum absolute atomic E-state index is 3.52. The van der Waals surface area contributed by atoms with Gasteiger partial charge < -0.3 is 0 Å². The van der Waals surface area contributed by atoms with Crippen molar-refractivity contribution in [3.63, 3.8) is 0 Å². The monoisotopic (exact) mass is 331 g/mol. The van der Waals surface area contributed by atoms with Gasteiger partial charge in [0.25, 0.3) is 0 Å². The van der Waals surface area contributed by atoms with Gasteiger partial charge in [-0.1, -0.05) is 5.92 Å². The first-order valence-corrected chi connectivity index (χ1v) is 7.12. The van der Waals surface area contributed by atoms with E-state index in [-0.39, 0.29) is 0 Å². The summed E-state index contributed by atoms with van der Waals surface area (Å²) in [7, 11) is 0. The van der Waals surface area contributed by atoms with Gasteiger partial charge >= 0.3 is 0 Å². The molecule has 0 saturated heterocycles. The molecule has 0 radical (unpaired) electrons. The second-order valence-corrected chi connectivity index (χ2v) is 6.71. The van der Waals surface area contributed by atoms with Crippen LogP contribution in [0.5, 0.6) is 0 Å². The van der Waals surface area contributed by atoms with Gasteiger partial charge in [-0.25, -0.2) is 0 Å². The fourth-order valence-electron chi connectivity index (χ4n) is 2.00. The first-order chi connectivity index (χ1) is 7.31. The first-order valence-electron chi connectivity index (χ1n) is 5.22. The van der Waals surface area contributed by atoms with Crippen LogP contribution in [0.3, 0.4) is 0 Å². The predicted molar refractivity (Wildman–Crippen MR) is 74.2 cm³/mol. The van der Waals surface area contributed by atoms with Crippen molar-refractivity contribution in [2.24, 2.45) is 0 Å². The van der Waals surface area contributed by atoms with Crippen LogP contribution in [0.25, 0.3) is 0 Å². The van der Waals surface area contributed by atoms with Crippen molar-refractivity contribution in [1.82, 2.24) is 5.32 Å². The number of fused-ring (bicyclic) bond motifs is 1. The molecule has 0 amide bonds. The molecule has 2 rings (SSSR count). The highest BCUT2D eigenvalue weighted by Gasteiger charge is 2.21. The van der Waals surface area contributed by atoms with Crippen molar-refractivity contribution in [2.75, 3.05) is 6.54 Å². The maximum Gasteiger partial charge on any atom is 0.0659 e. The average Bonchev–Trinajstić information content (AvgIpc) is 2.59. The molecular formula is C12H14INS. The average molecular weight is 331 g/mol. The Morgan fingerprint density at radius 3 is 3.33 bits per heavy atom. The van der Waals surface area contributed by atoms with Gasteiger partial charge in [0.1, 0.15) is 0 Å². The normalized spacial score (nSPS) is 19.2. The first kappa shape index (κ1) is 11.4. The van der Waals surface area contributed by atoms with E-state index in [4.69, 9.17) is 0 Å². The summed E-state index contributed by atoms with van der Waals surface area (Å²) in [5.74, 6) is 6.00. The Morgan fingerprint density at radius 1 is 1.67 bits per heavy atom. The molecule has 0 saturated carbocycles. The summed E-state index contributed by atoms with van der Waals surface area (Å²) in [6.45, 7) is 2.70. The Kier molecular flexibility index (Phi) is 4.06. The van der Waals surface area contributed by atoms with Crippen molar-refractivity contribution in [2.45, 2.75) is 32.2 Å². The van der Waals surface area contributed by atoms with Gasteiger partial charge in [-0.15, -0.1) is 17.3 Å². The topological polar surface area (TPSA) is 12.0 Å². The van der Waals surface area contributed by atoms with E-state index in [2.05, 4.69) is 45.8 Å². The third kappa shape index (κ3) is 2.74. The molecule has 0 spiro atoms. The van der Waals surface area contributed by atoms with E-state index in [0.29, 0.717) is 6.04 Å². The molecule has 1 atom stereocenters. The minimum Gasteiger partial charge on any atom is -0.299 e. The molecule has 1 aliphatic carbocycles. The molecule has 1 N–H and O–H groups in total. The Labute approximate surface area is 109 Å². The molecule has 0 aromatic carbocycles. The van der Waals surface area contributed by atoms with Crippen LogP contribution in [0.15, 0.2) is 6.07 Å². The molecule has 1 nitrogen and oxygen atoms in total. The van der Waals surface area contributed by atoms with Gasteiger partial charge in [-0.2, -0.15) is 0 Å². The summed E-state index contributed by atoms with van der Waals surface area (Å²) in [6, 6.07) is 2.87. The SMILES string of the molecule is CC#CCNC1CCCc2sc(I)cc21. The molecule has 0 bridgehead atoms. The minimum absolute atomic E-state index is 0.536. The molecule has 0 fully saturated rings. The van der Waals surface area contributed by atoms with E-state index in [0.717, 1.165) is 6.54 Å². The van der Waals surface area contributed by atoms with Crippen molar-refractivity contribution < 1.29 is 0 Å². The number of nitrogens with one attached hydrogen (secondary N) is 1. The van der Waals surface area contributed by atoms with Crippen molar-refractivity contribution in [1.29, 1.82) is 0 Å². The second-order valence-electron chi connectivity index (χ2n) is 3.68. The van der Waals surface area contributed by atoms with Crippen LogP contribution < -0.4 is 5.32 Å². The standard InChI is InChI=1S/C12H14INS/c1-2-3-7-14-10-5-4-6-11-9(10)8-12(13)15-11/h8,10,14H,4-7H2,1H3. The molecule has 1 heterocycles. The number of aryl methyl sites for hydroxylation is 1. The lowest BCUT2D eigenvalue weighted by Crippen LogP contribution is -2.24. The van der Waals surface area contributed by atoms with Gasteiger partial charge in [0, 0.05) is 10.9 Å². The van der Waals surface area contributed by atoms with Gasteiger partial charge in [0.05, 0.1) is 9.43 Å². The Balaban J connectivity index is 2.10. The van der Waals surface area contributed by atoms with Crippen LogP contribution in [-0.2, 0) is 6.42 Å². The third-order valence-corrected chi connectivity index (χ3v) is 4.67. The number of halogens is 1. The third-order valence-electron chi connectivity index (χ3n) is 2.70. The minimum atomic E-state index is 0.536. The molecular weight excluding hydrogens is 317 g/mol.